The van der Waals surface area contributed by atoms with Crippen molar-refractivity contribution in [1.82, 2.24) is 19.5 Å². The number of benzene rings is 1. The molecule has 0 aliphatic heterocycles. The maximum atomic E-state index is 12.4. The molecule has 0 bridgehead atoms. The molecule has 4 rings (SSSR count). The Balaban J connectivity index is 1.48. The summed E-state index contributed by atoms with van der Waals surface area (Å²) in [6.07, 6.45) is 2.02. The van der Waals surface area contributed by atoms with Crippen LogP contribution in [0, 0.1) is 11.8 Å². The lowest BCUT2D eigenvalue weighted by Crippen LogP contribution is -2.43. The second-order valence-electron chi connectivity index (χ2n) is 7.22. The number of nitrogens with two attached hydrogens (primary N) is 1. The molecule has 4 atom stereocenters. The third-order valence-corrected chi connectivity index (χ3v) is 6.31. The summed E-state index contributed by atoms with van der Waals surface area (Å²) in [6, 6.07) is 5.89. The first-order valence-electron chi connectivity index (χ1n) is 9.45. The fourth-order valence-corrected chi connectivity index (χ4v) is 4.52. The number of methoxy groups -OCH3 is 1. The van der Waals surface area contributed by atoms with E-state index in [0.717, 1.165) is 0 Å². The zero-order valence-electron chi connectivity index (χ0n) is 16.5. The minimum absolute atomic E-state index is 0.0437. The van der Waals surface area contributed by atoms with E-state index in [1.54, 1.807) is 16.7 Å². The van der Waals surface area contributed by atoms with Crippen LogP contribution in [0.1, 0.15) is 12.5 Å². The number of anilines is 1. The largest absolute Gasteiger partial charge is 0.527 e. The molecule has 0 amide bonds. The van der Waals surface area contributed by atoms with E-state index < -0.39 is 13.4 Å². The van der Waals surface area contributed by atoms with Gasteiger partial charge in [-0.3, -0.25) is 19.2 Å². The number of aromatic amines is 1. The van der Waals surface area contributed by atoms with Crippen LogP contribution in [0.2, 0.25) is 0 Å². The summed E-state index contributed by atoms with van der Waals surface area (Å²) in [7, 11) is -2.91. The highest BCUT2D eigenvalue weighted by molar-refractivity contribution is 7.47. The molecular formula is C18H22N5O7P. The van der Waals surface area contributed by atoms with E-state index in [0.29, 0.717) is 17.8 Å². The number of fused-ring (bicyclic) bond motifs is 1. The van der Waals surface area contributed by atoms with Crippen LogP contribution in [0.4, 0.5) is 5.95 Å². The van der Waals surface area contributed by atoms with Gasteiger partial charge in [-0.15, -0.1) is 0 Å². The molecule has 2 heterocycles. The minimum atomic E-state index is -4.41. The molecule has 0 spiro atoms. The van der Waals surface area contributed by atoms with Crippen LogP contribution in [0.15, 0.2) is 35.4 Å². The smallest absolute Gasteiger partial charge is 0.497 e. The Bertz CT molecular complexity index is 1180. The normalized spacial score (nSPS) is 22.6. The Kier molecular flexibility index (Phi) is 5.71. The number of aromatic nitrogens is 4. The van der Waals surface area contributed by atoms with Crippen LogP contribution >= 0.6 is 7.82 Å². The number of hydrogen-bond donors (Lipinski definition) is 4. The van der Waals surface area contributed by atoms with Crippen molar-refractivity contribution >= 4 is 24.9 Å². The van der Waals surface area contributed by atoms with Crippen molar-refractivity contribution in [3.05, 3.63) is 40.9 Å². The molecule has 2 aromatic heterocycles. The van der Waals surface area contributed by atoms with Gasteiger partial charge in [0.15, 0.2) is 11.2 Å². The van der Waals surface area contributed by atoms with Crippen LogP contribution in [0.5, 0.6) is 11.5 Å². The first kappa shape index (κ1) is 21.3. The van der Waals surface area contributed by atoms with E-state index in [1.807, 2.05) is 0 Å². The number of phosphoric acid groups is 1. The number of aliphatic hydroxyl groups excluding tert-OH is 1. The number of hydrogen-bond acceptors (Lipinski definition) is 9. The van der Waals surface area contributed by atoms with Crippen LogP contribution < -0.4 is 20.6 Å². The molecule has 0 radical (unpaired) electrons. The number of nitrogen functional groups attached to an aromatic ring is 1. The minimum Gasteiger partial charge on any atom is -0.497 e. The summed E-state index contributed by atoms with van der Waals surface area (Å²) < 4.78 is 29.4. The maximum absolute atomic E-state index is 12.4. The van der Waals surface area contributed by atoms with E-state index in [4.69, 9.17) is 19.5 Å². The standard InChI is InChI=1S/C18H22N5O7P/c1-28-11-2-4-12(5-3-11)30-31(26,27)29-8-13-10(7-24)6-14(13)23-9-20-15-16(23)21-18(19)22-17(15)25/h2-5,9-10,13-14,24H,6-8H2,1H3,(H,26,27)(H3,19,21,22,25). The van der Waals surface area contributed by atoms with Gasteiger partial charge in [0.1, 0.15) is 11.5 Å². The molecule has 1 saturated carbocycles. The molecule has 12 nitrogen and oxygen atoms in total. The molecule has 1 aliphatic rings. The van der Waals surface area contributed by atoms with E-state index >= 15 is 0 Å². The van der Waals surface area contributed by atoms with E-state index in [1.165, 1.54) is 25.6 Å². The molecule has 1 aliphatic carbocycles. The third kappa shape index (κ3) is 4.28. The number of H-pyrrole nitrogens is 1. The van der Waals surface area contributed by atoms with Crippen LogP contribution in [-0.4, -0.2) is 49.8 Å². The summed E-state index contributed by atoms with van der Waals surface area (Å²) in [6.45, 7) is -0.277. The van der Waals surface area contributed by atoms with Gasteiger partial charge in [0.2, 0.25) is 5.95 Å². The van der Waals surface area contributed by atoms with Crippen molar-refractivity contribution in [2.24, 2.45) is 11.8 Å². The lowest BCUT2D eigenvalue weighted by atomic mass is 9.70. The molecule has 166 valence electrons. The molecule has 1 aromatic carbocycles. The zero-order valence-corrected chi connectivity index (χ0v) is 17.4. The highest BCUT2D eigenvalue weighted by Gasteiger charge is 2.44. The van der Waals surface area contributed by atoms with Crippen molar-refractivity contribution in [1.29, 1.82) is 0 Å². The van der Waals surface area contributed by atoms with Gasteiger partial charge in [0, 0.05) is 18.6 Å². The molecule has 5 N–H and O–H groups in total. The Morgan fingerprint density at radius 1 is 1.32 bits per heavy atom. The molecule has 13 heteroatoms. The Labute approximate surface area is 176 Å². The van der Waals surface area contributed by atoms with E-state index in [9.17, 15) is 19.4 Å². The van der Waals surface area contributed by atoms with Crippen molar-refractivity contribution < 1.29 is 28.3 Å². The highest BCUT2D eigenvalue weighted by Crippen LogP contribution is 2.50. The van der Waals surface area contributed by atoms with Crippen LogP contribution in [-0.2, 0) is 9.09 Å². The first-order valence-corrected chi connectivity index (χ1v) is 10.9. The molecular weight excluding hydrogens is 429 g/mol. The number of nitrogens with zero attached hydrogens (tertiary/aromatic N) is 3. The number of ether oxygens (including phenoxy) is 1. The maximum Gasteiger partial charge on any atom is 0.527 e. The Morgan fingerprint density at radius 2 is 2.03 bits per heavy atom. The van der Waals surface area contributed by atoms with Gasteiger partial charge >= 0.3 is 7.82 Å². The number of aliphatic hydroxyl groups is 1. The predicted molar refractivity (Wildman–Crippen MR) is 110 cm³/mol. The first-order chi connectivity index (χ1) is 14.8. The molecule has 3 aromatic rings. The van der Waals surface area contributed by atoms with Crippen LogP contribution in [0.25, 0.3) is 11.2 Å². The molecule has 31 heavy (non-hydrogen) atoms. The second kappa shape index (κ2) is 8.31. The zero-order chi connectivity index (χ0) is 22.2. The molecule has 0 saturated heterocycles. The Morgan fingerprint density at radius 3 is 2.71 bits per heavy atom. The number of nitrogens with one attached hydrogen (secondary N) is 1. The summed E-state index contributed by atoms with van der Waals surface area (Å²) >= 11 is 0. The van der Waals surface area contributed by atoms with Gasteiger partial charge < -0.3 is 24.7 Å². The third-order valence-electron chi connectivity index (χ3n) is 5.40. The van der Waals surface area contributed by atoms with Gasteiger partial charge in [-0.05, 0) is 36.6 Å². The Hall–Kier alpha value is -2.92. The number of phosphoric ester groups is 1. The van der Waals surface area contributed by atoms with Gasteiger partial charge in [-0.25, -0.2) is 9.55 Å². The fourth-order valence-electron chi connectivity index (χ4n) is 3.72. The average Bonchev–Trinajstić information content (AvgIpc) is 3.11. The summed E-state index contributed by atoms with van der Waals surface area (Å²) in [4.78, 5) is 32.7. The van der Waals surface area contributed by atoms with Crippen molar-refractivity contribution in [3.63, 3.8) is 0 Å². The average molecular weight is 451 g/mol. The quantitative estimate of drug-likeness (QED) is 0.363. The molecule has 4 unspecified atom stereocenters. The summed E-state index contributed by atoms with van der Waals surface area (Å²) in [5.41, 5.74) is 5.62. The van der Waals surface area contributed by atoms with Gasteiger partial charge in [-0.2, -0.15) is 4.98 Å². The number of rotatable bonds is 8. The number of imidazole rings is 1. The predicted octanol–water partition coefficient (Wildman–Crippen LogP) is 1.08. The lowest BCUT2D eigenvalue weighted by molar-refractivity contribution is -0.00476. The van der Waals surface area contributed by atoms with Crippen molar-refractivity contribution in [2.45, 2.75) is 12.5 Å². The van der Waals surface area contributed by atoms with Crippen LogP contribution in [0.3, 0.4) is 0 Å². The van der Waals surface area contributed by atoms with Gasteiger partial charge in [0.25, 0.3) is 5.56 Å². The van der Waals surface area contributed by atoms with Gasteiger partial charge in [0.05, 0.1) is 20.0 Å². The summed E-state index contributed by atoms with van der Waals surface area (Å²) in [5.74, 6) is 0.185. The van der Waals surface area contributed by atoms with Crippen molar-refractivity contribution in [2.75, 3.05) is 26.1 Å². The van der Waals surface area contributed by atoms with Crippen molar-refractivity contribution in [3.8, 4) is 11.5 Å². The second-order valence-corrected chi connectivity index (χ2v) is 8.59. The lowest BCUT2D eigenvalue weighted by Gasteiger charge is -2.44. The SMILES string of the molecule is COc1ccc(OP(=O)(O)OCC2C(CO)CC2n2cnc3c(=O)[nH]c(N)nc32)cc1. The summed E-state index contributed by atoms with van der Waals surface area (Å²) in [5, 5.41) is 9.64. The fraction of sp³-hybridized carbons (Fsp3) is 0.389. The van der Waals surface area contributed by atoms with E-state index in [2.05, 4.69) is 15.0 Å². The van der Waals surface area contributed by atoms with E-state index in [-0.39, 0.29) is 48.3 Å². The highest BCUT2D eigenvalue weighted by atomic mass is 31.2. The van der Waals surface area contributed by atoms with Gasteiger partial charge in [-0.1, -0.05) is 0 Å². The topological polar surface area (TPSA) is 175 Å². The monoisotopic (exact) mass is 451 g/mol. The molecule has 1 fully saturated rings.